The molecular weight excluding hydrogens is 398 g/mol. The van der Waals surface area contributed by atoms with E-state index in [1.54, 1.807) is 6.07 Å². The first-order chi connectivity index (χ1) is 13.4. The first kappa shape index (κ1) is 19.8. The van der Waals surface area contributed by atoms with Gasteiger partial charge in [-0.15, -0.1) is 10.2 Å². The topological polar surface area (TPSA) is 113 Å². The number of anilines is 3. The zero-order chi connectivity index (χ0) is 20.1. The van der Waals surface area contributed by atoms with Crippen LogP contribution in [0, 0.1) is 6.92 Å². The van der Waals surface area contributed by atoms with Crippen molar-refractivity contribution >= 4 is 43.9 Å². The Bertz CT molecular complexity index is 1080. The minimum absolute atomic E-state index is 0.0608. The monoisotopic (exact) mass is 417 g/mol. The van der Waals surface area contributed by atoms with Crippen molar-refractivity contribution in [3.05, 3.63) is 59.1 Å². The molecule has 3 N–H and O–H groups in total. The molecule has 0 spiro atoms. The van der Waals surface area contributed by atoms with E-state index in [9.17, 15) is 13.2 Å². The van der Waals surface area contributed by atoms with E-state index in [1.165, 1.54) is 35.6 Å². The molecule has 0 saturated heterocycles. The summed E-state index contributed by atoms with van der Waals surface area (Å²) in [6.07, 6.45) is 0.685. The molecule has 1 aromatic heterocycles. The first-order valence-corrected chi connectivity index (χ1v) is 10.8. The van der Waals surface area contributed by atoms with Crippen LogP contribution in [-0.4, -0.2) is 24.6 Å². The van der Waals surface area contributed by atoms with Gasteiger partial charge >= 0.3 is 6.03 Å². The number of nitrogens with one attached hydrogen (secondary N) is 3. The molecule has 0 atom stereocenters. The normalized spacial score (nSPS) is 11.1. The molecular formula is C18H19N5O3S2. The van der Waals surface area contributed by atoms with Crippen LogP contribution < -0.4 is 15.4 Å². The molecule has 0 radical (unpaired) electrons. The zero-order valence-corrected chi connectivity index (χ0v) is 16.9. The van der Waals surface area contributed by atoms with Crippen LogP contribution in [0.4, 0.5) is 21.3 Å². The second kappa shape index (κ2) is 8.36. The van der Waals surface area contributed by atoms with Crippen LogP contribution in [0.3, 0.4) is 0 Å². The zero-order valence-electron chi connectivity index (χ0n) is 15.3. The van der Waals surface area contributed by atoms with Crippen LogP contribution in [-0.2, 0) is 16.4 Å². The van der Waals surface area contributed by atoms with Crippen molar-refractivity contribution < 1.29 is 13.2 Å². The summed E-state index contributed by atoms with van der Waals surface area (Å²) < 4.78 is 27.3. The molecule has 146 valence electrons. The number of aryl methyl sites for hydroxylation is 2. The lowest BCUT2D eigenvalue weighted by atomic mass is 10.2. The number of rotatable bonds is 6. The highest BCUT2D eigenvalue weighted by atomic mass is 32.2. The third kappa shape index (κ3) is 4.84. The van der Waals surface area contributed by atoms with Crippen molar-refractivity contribution in [2.45, 2.75) is 25.2 Å². The number of para-hydroxylation sites is 1. The fourth-order valence-corrected chi connectivity index (χ4v) is 4.24. The lowest BCUT2D eigenvalue weighted by Crippen LogP contribution is -2.20. The molecule has 0 aliphatic carbocycles. The highest BCUT2D eigenvalue weighted by Crippen LogP contribution is 2.21. The number of aromatic nitrogens is 2. The van der Waals surface area contributed by atoms with Crippen LogP contribution in [0.2, 0.25) is 0 Å². The molecule has 0 aliphatic rings. The van der Waals surface area contributed by atoms with Crippen LogP contribution in [0.25, 0.3) is 0 Å². The first-order valence-electron chi connectivity index (χ1n) is 8.46. The number of nitrogens with zero attached hydrogens (tertiary/aromatic N) is 2. The number of sulfonamides is 1. The van der Waals surface area contributed by atoms with E-state index in [0.717, 1.165) is 10.6 Å². The van der Waals surface area contributed by atoms with E-state index in [1.807, 2.05) is 32.0 Å². The number of urea groups is 1. The molecule has 3 rings (SSSR count). The smallest absolute Gasteiger partial charge is 0.308 e. The maximum Gasteiger partial charge on any atom is 0.323 e. The minimum Gasteiger partial charge on any atom is -0.308 e. The van der Waals surface area contributed by atoms with Gasteiger partial charge in [-0.25, -0.2) is 13.2 Å². The van der Waals surface area contributed by atoms with E-state index in [2.05, 4.69) is 25.6 Å². The SMILES string of the molecule is CCc1nnc(NS(=O)(=O)c2ccc(NC(=O)Nc3ccccc3C)cc2)s1. The third-order valence-corrected chi connectivity index (χ3v) is 6.27. The Morgan fingerprint density at radius 1 is 1.04 bits per heavy atom. The van der Waals surface area contributed by atoms with Crippen LogP contribution in [0.5, 0.6) is 0 Å². The van der Waals surface area contributed by atoms with Crippen molar-refractivity contribution in [3.8, 4) is 0 Å². The molecule has 8 nitrogen and oxygen atoms in total. The standard InChI is InChI=1S/C18H19N5O3S2/c1-3-16-21-22-18(27-16)23-28(25,26)14-10-8-13(9-11-14)19-17(24)20-15-7-5-4-6-12(15)2/h4-11H,3H2,1-2H3,(H,22,23)(H2,19,20,24). The van der Waals surface area contributed by atoms with Crippen molar-refractivity contribution in [2.24, 2.45) is 0 Å². The van der Waals surface area contributed by atoms with Gasteiger partial charge in [-0.2, -0.15) is 0 Å². The van der Waals surface area contributed by atoms with E-state index < -0.39 is 16.1 Å². The Labute approximate surface area is 167 Å². The Morgan fingerprint density at radius 3 is 2.39 bits per heavy atom. The van der Waals surface area contributed by atoms with Crippen molar-refractivity contribution in [1.82, 2.24) is 10.2 Å². The maximum absolute atomic E-state index is 12.4. The van der Waals surface area contributed by atoms with Gasteiger partial charge in [0.05, 0.1) is 4.90 Å². The minimum atomic E-state index is -3.78. The van der Waals surface area contributed by atoms with E-state index in [-0.39, 0.29) is 10.0 Å². The molecule has 2 amide bonds. The van der Waals surface area contributed by atoms with E-state index in [0.29, 0.717) is 17.8 Å². The average molecular weight is 418 g/mol. The summed E-state index contributed by atoms with van der Waals surface area (Å²) in [5, 5.41) is 14.1. The van der Waals surface area contributed by atoms with Gasteiger partial charge in [0.25, 0.3) is 10.0 Å². The maximum atomic E-state index is 12.4. The van der Waals surface area contributed by atoms with Gasteiger partial charge in [0.2, 0.25) is 5.13 Å². The van der Waals surface area contributed by atoms with Crippen molar-refractivity contribution in [1.29, 1.82) is 0 Å². The Balaban J connectivity index is 1.65. The Kier molecular flexibility index (Phi) is 5.90. The van der Waals surface area contributed by atoms with Gasteiger partial charge in [0.15, 0.2) is 0 Å². The number of carbonyl (C=O) groups is 1. The van der Waals surface area contributed by atoms with Gasteiger partial charge in [0.1, 0.15) is 5.01 Å². The van der Waals surface area contributed by atoms with E-state index in [4.69, 9.17) is 0 Å². The van der Waals surface area contributed by atoms with E-state index >= 15 is 0 Å². The number of amides is 2. The second-order valence-corrected chi connectivity index (χ2v) is 8.62. The summed E-state index contributed by atoms with van der Waals surface area (Å²) in [6.45, 7) is 3.81. The van der Waals surface area contributed by atoms with Crippen molar-refractivity contribution in [3.63, 3.8) is 0 Å². The summed E-state index contributed by atoms with van der Waals surface area (Å²) in [6, 6.07) is 12.8. The largest absolute Gasteiger partial charge is 0.323 e. The van der Waals surface area contributed by atoms with Crippen molar-refractivity contribution in [2.75, 3.05) is 15.4 Å². The second-order valence-electron chi connectivity index (χ2n) is 5.88. The average Bonchev–Trinajstić information content (AvgIpc) is 3.11. The summed E-state index contributed by atoms with van der Waals surface area (Å²) >= 11 is 1.19. The van der Waals surface area contributed by atoms with Crippen LogP contribution in [0.1, 0.15) is 17.5 Å². The molecule has 0 fully saturated rings. The fourth-order valence-electron chi connectivity index (χ4n) is 2.33. The lowest BCUT2D eigenvalue weighted by Gasteiger charge is -2.10. The van der Waals surface area contributed by atoms with Gasteiger partial charge < -0.3 is 10.6 Å². The molecule has 28 heavy (non-hydrogen) atoms. The molecule has 0 saturated carbocycles. The molecule has 0 unspecified atom stereocenters. The summed E-state index contributed by atoms with van der Waals surface area (Å²) in [4.78, 5) is 12.2. The predicted molar refractivity (Wildman–Crippen MR) is 110 cm³/mol. The Hall–Kier alpha value is -2.98. The van der Waals surface area contributed by atoms with Crippen LogP contribution >= 0.6 is 11.3 Å². The number of benzene rings is 2. The van der Waals surface area contributed by atoms with Gasteiger partial charge in [-0.3, -0.25) is 4.72 Å². The molecule has 0 bridgehead atoms. The summed E-state index contributed by atoms with van der Waals surface area (Å²) in [5.74, 6) is 0. The predicted octanol–water partition coefficient (Wildman–Crippen LogP) is 3.85. The molecule has 0 aliphatic heterocycles. The summed E-state index contributed by atoms with van der Waals surface area (Å²) in [5.41, 5.74) is 2.11. The van der Waals surface area contributed by atoms with Crippen LogP contribution in [0.15, 0.2) is 53.4 Å². The number of hydrogen-bond donors (Lipinski definition) is 3. The lowest BCUT2D eigenvalue weighted by molar-refractivity contribution is 0.262. The third-order valence-electron chi connectivity index (χ3n) is 3.81. The number of hydrogen-bond acceptors (Lipinski definition) is 6. The Morgan fingerprint density at radius 2 is 1.75 bits per heavy atom. The number of carbonyl (C=O) groups excluding carboxylic acids is 1. The molecule has 2 aromatic carbocycles. The van der Waals surface area contributed by atoms with Gasteiger partial charge in [-0.05, 0) is 49.2 Å². The fraction of sp³-hybridized carbons (Fsp3) is 0.167. The molecule has 3 aromatic rings. The molecule has 1 heterocycles. The quantitative estimate of drug-likeness (QED) is 0.564. The molecule has 10 heteroatoms. The highest BCUT2D eigenvalue weighted by Gasteiger charge is 2.17. The van der Waals surface area contributed by atoms with Gasteiger partial charge in [-0.1, -0.05) is 36.5 Å². The highest BCUT2D eigenvalue weighted by molar-refractivity contribution is 7.93. The summed E-state index contributed by atoms with van der Waals surface area (Å²) in [7, 11) is -3.78. The van der Waals surface area contributed by atoms with Gasteiger partial charge in [0, 0.05) is 11.4 Å².